The lowest BCUT2D eigenvalue weighted by Gasteiger charge is -2.24. The van der Waals surface area contributed by atoms with Crippen molar-refractivity contribution in [3.63, 3.8) is 0 Å². The number of halogens is 2. The number of aryl methyl sites for hydroxylation is 1. The lowest BCUT2D eigenvalue weighted by atomic mass is 9.96. The zero-order valence-electron chi connectivity index (χ0n) is 8.82. The zero-order chi connectivity index (χ0) is 10.8. The fraction of sp³-hybridized carbons (Fsp3) is 0.500. The lowest BCUT2D eigenvalue weighted by Crippen LogP contribution is -2.26. The average molecular weight is 228 g/mol. The minimum Gasteiger partial charge on any atom is -0.310 e. The normalized spacial score (nSPS) is 21.7. The maximum atomic E-state index is 13.3. The van der Waals surface area contributed by atoms with Gasteiger partial charge in [0.1, 0.15) is 5.82 Å². The van der Waals surface area contributed by atoms with Crippen LogP contribution in [0.5, 0.6) is 0 Å². The molecule has 2 rings (SSSR count). The second kappa shape index (κ2) is 4.50. The van der Waals surface area contributed by atoms with Gasteiger partial charge < -0.3 is 5.32 Å². The smallest absolute Gasteiger partial charge is 0.144 e. The van der Waals surface area contributed by atoms with Crippen molar-refractivity contribution in [1.29, 1.82) is 0 Å². The molecule has 1 nitrogen and oxygen atoms in total. The van der Waals surface area contributed by atoms with E-state index in [1.807, 2.05) is 6.07 Å². The highest BCUT2D eigenvalue weighted by molar-refractivity contribution is 6.30. The molecule has 1 unspecified atom stereocenters. The molecule has 0 aliphatic carbocycles. The van der Waals surface area contributed by atoms with E-state index in [1.54, 1.807) is 13.0 Å². The van der Waals surface area contributed by atoms with Crippen LogP contribution < -0.4 is 5.32 Å². The van der Waals surface area contributed by atoms with Gasteiger partial charge in [0.05, 0.1) is 5.02 Å². The number of hydrogen-bond donors (Lipinski definition) is 1. The molecule has 1 aromatic carbocycles. The molecule has 1 aliphatic rings. The van der Waals surface area contributed by atoms with Gasteiger partial charge in [-0.1, -0.05) is 24.1 Å². The Bertz CT molecular complexity index is 336. The Labute approximate surface area is 94.6 Å². The average Bonchev–Trinajstić information content (AvgIpc) is 2.26. The Morgan fingerprint density at radius 3 is 2.80 bits per heavy atom. The second-order valence-corrected chi connectivity index (χ2v) is 4.54. The van der Waals surface area contributed by atoms with E-state index >= 15 is 0 Å². The standard InChI is InChI=1S/C12H15ClFN/c1-8-6-9(7-10(13)12(8)14)11-4-2-3-5-15-11/h6-7,11,15H,2-5H2,1H3. The summed E-state index contributed by atoms with van der Waals surface area (Å²) in [5.74, 6) is -0.295. The van der Waals surface area contributed by atoms with Crippen molar-refractivity contribution in [3.05, 3.63) is 34.1 Å². The lowest BCUT2D eigenvalue weighted by molar-refractivity contribution is 0.412. The van der Waals surface area contributed by atoms with Crippen LogP contribution in [0.1, 0.15) is 36.4 Å². The highest BCUT2D eigenvalue weighted by Gasteiger charge is 2.16. The summed E-state index contributed by atoms with van der Waals surface area (Å²) < 4.78 is 13.3. The van der Waals surface area contributed by atoms with Gasteiger partial charge in [-0.25, -0.2) is 4.39 Å². The van der Waals surface area contributed by atoms with E-state index in [1.165, 1.54) is 12.8 Å². The SMILES string of the molecule is Cc1cc(C2CCCCN2)cc(Cl)c1F. The molecule has 0 radical (unpaired) electrons. The van der Waals surface area contributed by atoms with Gasteiger partial charge in [-0.15, -0.1) is 0 Å². The fourth-order valence-electron chi connectivity index (χ4n) is 2.09. The van der Waals surface area contributed by atoms with Crippen LogP contribution >= 0.6 is 11.6 Å². The van der Waals surface area contributed by atoms with Crippen LogP contribution in [0, 0.1) is 12.7 Å². The Balaban J connectivity index is 2.27. The number of hydrogen-bond acceptors (Lipinski definition) is 1. The van der Waals surface area contributed by atoms with E-state index in [0.717, 1.165) is 18.5 Å². The monoisotopic (exact) mass is 227 g/mol. The quantitative estimate of drug-likeness (QED) is 0.773. The van der Waals surface area contributed by atoms with Crippen molar-refractivity contribution in [2.75, 3.05) is 6.54 Å². The van der Waals surface area contributed by atoms with Crippen LogP contribution in [0.3, 0.4) is 0 Å². The number of piperidine rings is 1. The van der Waals surface area contributed by atoms with E-state index in [0.29, 0.717) is 11.6 Å². The van der Waals surface area contributed by atoms with Gasteiger partial charge in [-0.2, -0.15) is 0 Å². The van der Waals surface area contributed by atoms with Gasteiger partial charge >= 0.3 is 0 Å². The number of benzene rings is 1. The molecule has 15 heavy (non-hydrogen) atoms. The van der Waals surface area contributed by atoms with E-state index in [-0.39, 0.29) is 10.8 Å². The molecule has 0 spiro atoms. The Hall–Kier alpha value is -0.600. The first-order valence-corrected chi connectivity index (χ1v) is 5.75. The molecule has 82 valence electrons. The highest BCUT2D eigenvalue weighted by Crippen LogP contribution is 2.28. The molecule has 0 aromatic heterocycles. The van der Waals surface area contributed by atoms with Gasteiger partial charge in [-0.3, -0.25) is 0 Å². The van der Waals surface area contributed by atoms with Crippen molar-refractivity contribution in [2.45, 2.75) is 32.2 Å². The van der Waals surface area contributed by atoms with Crippen molar-refractivity contribution < 1.29 is 4.39 Å². The van der Waals surface area contributed by atoms with Gasteiger partial charge in [0.2, 0.25) is 0 Å². The van der Waals surface area contributed by atoms with Crippen LogP contribution in [-0.2, 0) is 0 Å². The van der Waals surface area contributed by atoms with E-state index in [9.17, 15) is 4.39 Å². The fourth-order valence-corrected chi connectivity index (χ4v) is 2.37. The van der Waals surface area contributed by atoms with E-state index in [4.69, 9.17) is 11.6 Å². The van der Waals surface area contributed by atoms with Crippen LogP contribution in [0.2, 0.25) is 5.02 Å². The Morgan fingerprint density at radius 1 is 1.40 bits per heavy atom. The summed E-state index contributed by atoms with van der Waals surface area (Å²) in [6.45, 7) is 2.80. The summed E-state index contributed by atoms with van der Waals surface area (Å²) in [6, 6.07) is 3.98. The molecule has 0 saturated carbocycles. The largest absolute Gasteiger partial charge is 0.310 e. The van der Waals surface area contributed by atoms with Gasteiger partial charge in [0, 0.05) is 6.04 Å². The topological polar surface area (TPSA) is 12.0 Å². The molecule has 3 heteroatoms. The third-order valence-electron chi connectivity index (χ3n) is 2.95. The third-order valence-corrected chi connectivity index (χ3v) is 3.22. The van der Waals surface area contributed by atoms with Crippen LogP contribution in [0.15, 0.2) is 12.1 Å². The summed E-state index contributed by atoms with van der Waals surface area (Å²) in [7, 11) is 0. The molecule has 1 heterocycles. The van der Waals surface area contributed by atoms with Crippen molar-refractivity contribution in [3.8, 4) is 0 Å². The summed E-state index contributed by atoms with van der Waals surface area (Å²) in [5.41, 5.74) is 1.74. The van der Waals surface area contributed by atoms with Crippen LogP contribution in [-0.4, -0.2) is 6.54 Å². The van der Waals surface area contributed by atoms with Gasteiger partial charge in [-0.05, 0) is 43.5 Å². The highest BCUT2D eigenvalue weighted by atomic mass is 35.5. The molecule has 1 N–H and O–H groups in total. The number of rotatable bonds is 1. The van der Waals surface area contributed by atoms with Crippen molar-refractivity contribution >= 4 is 11.6 Å². The predicted octanol–water partition coefficient (Wildman–Crippen LogP) is 3.60. The molecule has 1 saturated heterocycles. The summed E-state index contributed by atoms with van der Waals surface area (Å²) in [6.07, 6.45) is 3.57. The Morgan fingerprint density at radius 2 is 2.20 bits per heavy atom. The molecular weight excluding hydrogens is 213 g/mol. The van der Waals surface area contributed by atoms with Gasteiger partial charge in [0.15, 0.2) is 0 Å². The van der Waals surface area contributed by atoms with Crippen molar-refractivity contribution in [2.24, 2.45) is 0 Å². The first-order valence-electron chi connectivity index (χ1n) is 5.37. The molecule has 1 aromatic rings. The Kier molecular flexibility index (Phi) is 3.27. The van der Waals surface area contributed by atoms with Crippen LogP contribution in [0.25, 0.3) is 0 Å². The minimum atomic E-state index is -0.295. The maximum Gasteiger partial charge on any atom is 0.144 e. The summed E-state index contributed by atoms with van der Waals surface area (Å²) in [5, 5.41) is 3.66. The number of nitrogens with one attached hydrogen (secondary N) is 1. The molecular formula is C12H15ClFN. The minimum absolute atomic E-state index is 0.234. The zero-order valence-corrected chi connectivity index (χ0v) is 9.57. The van der Waals surface area contributed by atoms with E-state index < -0.39 is 0 Å². The molecule has 0 bridgehead atoms. The molecule has 1 aliphatic heterocycles. The van der Waals surface area contributed by atoms with Gasteiger partial charge in [0.25, 0.3) is 0 Å². The predicted molar refractivity (Wildman–Crippen MR) is 60.7 cm³/mol. The first kappa shape index (κ1) is 10.9. The summed E-state index contributed by atoms with van der Waals surface area (Å²) >= 11 is 5.84. The third kappa shape index (κ3) is 2.32. The second-order valence-electron chi connectivity index (χ2n) is 4.14. The molecule has 1 atom stereocenters. The summed E-state index contributed by atoms with van der Waals surface area (Å²) in [4.78, 5) is 0. The van der Waals surface area contributed by atoms with E-state index in [2.05, 4.69) is 5.32 Å². The maximum absolute atomic E-state index is 13.3. The van der Waals surface area contributed by atoms with Crippen LogP contribution in [0.4, 0.5) is 4.39 Å². The van der Waals surface area contributed by atoms with Crippen molar-refractivity contribution in [1.82, 2.24) is 5.32 Å². The molecule has 0 amide bonds. The molecule has 1 fully saturated rings. The first-order chi connectivity index (χ1) is 7.18.